The van der Waals surface area contributed by atoms with Crippen molar-refractivity contribution >= 4 is 12.0 Å². The summed E-state index contributed by atoms with van der Waals surface area (Å²) in [5.41, 5.74) is 0. The SMILES string of the molecule is CC1CCCN(C(=O)NC(C(=O)O)C2CC2)C1. The molecule has 1 aliphatic carbocycles. The lowest BCUT2D eigenvalue weighted by molar-refractivity contribution is -0.139. The Labute approximate surface area is 101 Å². The highest BCUT2D eigenvalue weighted by Crippen LogP contribution is 2.32. The van der Waals surface area contributed by atoms with E-state index in [9.17, 15) is 9.59 Å². The summed E-state index contributed by atoms with van der Waals surface area (Å²) in [4.78, 5) is 24.7. The van der Waals surface area contributed by atoms with Gasteiger partial charge in [-0.1, -0.05) is 6.92 Å². The molecular weight excluding hydrogens is 220 g/mol. The maximum absolute atomic E-state index is 11.9. The number of nitrogens with one attached hydrogen (secondary N) is 1. The highest BCUT2D eigenvalue weighted by atomic mass is 16.4. The van der Waals surface area contributed by atoms with Gasteiger partial charge in [0.2, 0.25) is 0 Å². The van der Waals surface area contributed by atoms with Gasteiger partial charge in [-0.15, -0.1) is 0 Å². The predicted molar refractivity (Wildman–Crippen MR) is 62.7 cm³/mol. The average Bonchev–Trinajstić information content (AvgIpc) is 3.09. The van der Waals surface area contributed by atoms with Gasteiger partial charge in [0.05, 0.1) is 0 Å². The maximum Gasteiger partial charge on any atom is 0.326 e. The van der Waals surface area contributed by atoms with Crippen molar-refractivity contribution < 1.29 is 14.7 Å². The van der Waals surface area contributed by atoms with E-state index in [2.05, 4.69) is 12.2 Å². The Morgan fingerprint density at radius 1 is 1.35 bits per heavy atom. The Bertz CT molecular complexity index is 315. The van der Waals surface area contributed by atoms with Gasteiger partial charge in [0.25, 0.3) is 0 Å². The first-order valence-electron chi connectivity index (χ1n) is 6.36. The Morgan fingerprint density at radius 3 is 2.59 bits per heavy atom. The second-order valence-corrected chi connectivity index (χ2v) is 5.30. The Balaban J connectivity index is 1.88. The van der Waals surface area contributed by atoms with Crippen LogP contribution in [0.15, 0.2) is 0 Å². The van der Waals surface area contributed by atoms with Gasteiger partial charge in [-0.3, -0.25) is 0 Å². The normalized spacial score (nSPS) is 26.4. The van der Waals surface area contributed by atoms with Crippen molar-refractivity contribution in [2.75, 3.05) is 13.1 Å². The van der Waals surface area contributed by atoms with E-state index in [-0.39, 0.29) is 11.9 Å². The standard InChI is InChI=1S/C12H20N2O3/c1-8-3-2-6-14(7-8)12(17)13-10(11(15)16)9-4-5-9/h8-10H,2-7H2,1H3,(H,13,17)(H,15,16). The topological polar surface area (TPSA) is 69.6 Å². The molecule has 0 aromatic carbocycles. The van der Waals surface area contributed by atoms with Gasteiger partial charge in [0.1, 0.15) is 6.04 Å². The van der Waals surface area contributed by atoms with Crippen molar-refractivity contribution in [3.8, 4) is 0 Å². The minimum atomic E-state index is -0.911. The highest BCUT2D eigenvalue weighted by Gasteiger charge is 2.38. The fourth-order valence-electron chi connectivity index (χ4n) is 2.41. The summed E-state index contributed by atoms with van der Waals surface area (Å²) in [6.07, 6.45) is 3.98. The van der Waals surface area contributed by atoms with Crippen LogP contribution in [0.3, 0.4) is 0 Å². The number of hydrogen-bond acceptors (Lipinski definition) is 2. The molecule has 1 saturated heterocycles. The zero-order valence-electron chi connectivity index (χ0n) is 10.2. The third kappa shape index (κ3) is 3.11. The van der Waals surface area contributed by atoms with E-state index in [0.717, 1.165) is 38.8 Å². The summed E-state index contributed by atoms with van der Waals surface area (Å²) in [7, 11) is 0. The number of carbonyl (C=O) groups is 2. The number of piperidine rings is 1. The third-order valence-electron chi connectivity index (χ3n) is 3.58. The van der Waals surface area contributed by atoms with Crippen LogP contribution in [-0.4, -0.2) is 41.1 Å². The van der Waals surface area contributed by atoms with Crippen LogP contribution >= 0.6 is 0 Å². The van der Waals surface area contributed by atoms with Gasteiger partial charge in [0, 0.05) is 13.1 Å². The van der Waals surface area contributed by atoms with Gasteiger partial charge >= 0.3 is 12.0 Å². The molecule has 0 aromatic heterocycles. The molecule has 2 amide bonds. The molecule has 1 heterocycles. The summed E-state index contributed by atoms with van der Waals surface area (Å²) < 4.78 is 0. The fraction of sp³-hybridized carbons (Fsp3) is 0.833. The number of carboxylic acid groups (broad SMARTS) is 1. The Morgan fingerprint density at radius 2 is 2.06 bits per heavy atom. The lowest BCUT2D eigenvalue weighted by atomic mass is 10.0. The van der Waals surface area contributed by atoms with E-state index in [4.69, 9.17) is 5.11 Å². The second kappa shape index (κ2) is 4.94. The number of likely N-dealkylation sites (tertiary alicyclic amines) is 1. The summed E-state index contributed by atoms with van der Waals surface area (Å²) in [5, 5.41) is 11.7. The van der Waals surface area contributed by atoms with Gasteiger partial charge in [-0.05, 0) is 37.5 Å². The molecule has 2 aliphatic rings. The Hall–Kier alpha value is -1.26. The molecule has 5 heteroatoms. The minimum Gasteiger partial charge on any atom is -0.480 e. The fourth-order valence-corrected chi connectivity index (χ4v) is 2.41. The lowest BCUT2D eigenvalue weighted by Gasteiger charge is -2.31. The van der Waals surface area contributed by atoms with Gasteiger partial charge in [0.15, 0.2) is 0 Å². The molecule has 0 spiro atoms. The van der Waals surface area contributed by atoms with Crippen LogP contribution < -0.4 is 5.32 Å². The Kier molecular flexibility index (Phi) is 3.54. The minimum absolute atomic E-state index is 0.138. The molecule has 5 nitrogen and oxygen atoms in total. The number of carboxylic acids is 1. The molecule has 17 heavy (non-hydrogen) atoms. The van der Waals surface area contributed by atoms with Crippen molar-refractivity contribution in [3.63, 3.8) is 0 Å². The largest absolute Gasteiger partial charge is 0.480 e. The van der Waals surface area contributed by atoms with Gasteiger partial charge in [-0.2, -0.15) is 0 Å². The van der Waals surface area contributed by atoms with Gasteiger partial charge < -0.3 is 15.3 Å². The zero-order chi connectivity index (χ0) is 12.4. The van der Waals surface area contributed by atoms with Crippen molar-refractivity contribution in [2.24, 2.45) is 11.8 Å². The molecule has 0 bridgehead atoms. The molecule has 2 unspecified atom stereocenters. The van der Waals surface area contributed by atoms with Crippen LogP contribution in [0.1, 0.15) is 32.6 Å². The summed E-state index contributed by atoms with van der Waals surface area (Å²) in [5.74, 6) is -0.261. The molecule has 1 saturated carbocycles. The number of aliphatic carboxylic acids is 1. The summed E-state index contributed by atoms with van der Waals surface area (Å²) >= 11 is 0. The van der Waals surface area contributed by atoms with Crippen LogP contribution in [0.5, 0.6) is 0 Å². The molecular formula is C12H20N2O3. The first-order chi connectivity index (χ1) is 8.08. The molecule has 2 fully saturated rings. The van der Waals surface area contributed by atoms with Crippen LogP contribution in [0.2, 0.25) is 0 Å². The van der Waals surface area contributed by atoms with Crippen LogP contribution in [0.4, 0.5) is 4.79 Å². The number of rotatable bonds is 3. The number of urea groups is 1. The van der Waals surface area contributed by atoms with E-state index < -0.39 is 12.0 Å². The lowest BCUT2D eigenvalue weighted by Crippen LogP contribution is -2.51. The molecule has 2 rings (SSSR count). The first-order valence-corrected chi connectivity index (χ1v) is 6.36. The zero-order valence-corrected chi connectivity index (χ0v) is 10.2. The van der Waals surface area contributed by atoms with Crippen LogP contribution in [-0.2, 0) is 4.79 Å². The van der Waals surface area contributed by atoms with Crippen molar-refractivity contribution in [1.82, 2.24) is 10.2 Å². The first kappa shape index (κ1) is 12.2. The smallest absolute Gasteiger partial charge is 0.326 e. The van der Waals surface area contributed by atoms with E-state index in [1.165, 1.54) is 0 Å². The van der Waals surface area contributed by atoms with E-state index in [1.807, 2.05) is 0 Å². The molecule has 2 atom stereocenters. The average molecular weight is 240 g/mol. The van der Waals surface area contributed by atoms with Crippen molar-refractivity contribution in [3.05, 3.63) is 0 Å². The van der Waals surface area contributed by atoms with E-state index in [1.54, 1.807) is 4.90 Å². The number of nitrogens with zero attached hydrogens (tertiary/aromatic N) is 1. The monoisotopic (exact) mass is 240 g/mol. The second-order valence-electron chi connectivity index (χ2n) is 5.30. The summed E-state index contributed by atoms with van der Waals surface area (Å²) in [6, 6.07) is -0.907. The molecule has 0 radical (unpaired) electrons. The molecule has 1 aliphatic heterocycles. The third-order valence-corrected chi connectivity index (χ3v) is 3.58. The predicted octanol–water partition coefficient (Wildman–Crippen LogP) is 1.29. The van der Waals surface area contributed by atoms with Crippen LogP contribution in [0.25, 0.3) is 0 Å². The van der Waals surface area contributed by atoms with Crippen molar-refractivity contribution in [2.45, 2.75) is 38.6 Å². The molecule has 2 N–H and O–H groups in total. The number of hydrogen-bond donors (Lipinski definition) is 2. The molecule has 96 valence electrons. The highest BCUT2D eigenvalue weighted by molar-refractivity contribution is 5.83. The quantitative estimate of drug-likeness (QED) is 0.781. The van der Waals surface area contributed by atoms with Crippen molar-refractivity contribution in [1.29, 1.82) is 0 Å². The maximum atomic E-state index is 11.9. The number of carbonyl (C=O) groups excluding carboxylic acids is 1. The van der Waals surface area contributed by atoms with Crippen LogP contribution in [0, 0.1) is 11.8 Å². The van der Waals surface area contributed by atoms with Gasteiger partial charge in [-0.25, -0.2) is 9.59 Å². The van der Waals surface area contributed by atoms with E-state index >= 15 is 0 Å². The molecule has 0 aromatic rings. The summed E-state index contributed by atoms with van der Waals surface area (Å²) in [6.45, 7) is 3.60. The van der Waals surface area contributed by atoms with E-state index in [0.29, 0.717) is 5.92 Å². The number of amides is 2.